The molecule has 2 rings (SSSR count). The van der Waals surface area contributed by atoms with E-state index in [0.717, 1.165) is 0 Å². The maximum atomic E-state index is 12.2. The van der Waals surface area contributed by atoms with Crippen LogP contribution in [0.1, 0.15) is 15.9 Å². The minimum absolute atomic E-state index is 0.140. The van der Waals surface area contributed by atoms with Crippen LogP contribution >= 0.6 is 0 Å². The number of nitro benzene ring substituents is 2. The number of nitrogens with one attached hydrogen (secondary N) is 1. The van der Waals surface area contributed by atoms with Crippen LogP contribution in [0.5, 0.6) is 0 Å². The first-order valence-electron chi connectivity index (χ1n) is 6.20. The molecule has 1 N–H and O–H groups in total. The maximum Gasteiger partial charge on any atom is 0.273 e. The van der Waals surface area contributed by atoms with E-state index < -0.39 is 15.8 Å². The van der Waals surface area contributed by atoms with E-state index in [4.69, 9.17) is 0 Å². The number of hydrogen-bond acceptors (Lipinski definition) is 5. The van der Waals surface area contributed by atoms with Crippen molar-refractivity contribution in [2.45, 2.75) is 6.92 Å². The molecular formula is C14H11N3O5. The van der Waals surface area contributed by atoms with Gasteiger partial charge in [0.05, 0.1) is 9.85 Å². The van der Waals surface area contributed by atoms with Crippen LogP contribution < -0.4 is 5.32 Å². The van der Waals surface area contributed by atoms with E-state index in [9.17, 15) is 25.0 Å². The monoisotopic (exact) mass is 301 g/mol. The van der Waals surface area contributed by atoms with Gasteiger partial charge in [0.2, 0.25) is 0 Å². The number of non-ortho nitro benzene ring substituents is 1. The van der Waals surface area contributed by atoms with Gasteiger partial charge in [-0.1, -0.05) is 12.1 Å². The number of rotatable bonds is 4. The summed E-state index contributed by atoms with van der Waals surface area (Å²) in [5, 5.41) is 24.1. The number of carbonyl (C=O) groups is 1. The SMILES string of the molecule is Cc1c(C(=O)Nc2cccc([N+](=O)[O-])c2)cccc1[N+](=O)[O-]. The summed E-state index contributed by atoms with van der Waals surface area (Å²) in [6, 6.07) is 9.62. The molecule has 0 aliphatic heterocycles. The highest BCUT2D eigenvalue weighted by Gasteiger charge is 2.18. The zero-order valence-electron chi connectivity index (χ0n) is 11.5. The van der Waals surface area contributed by atoms with E-state index >= 15 is 0 Å². The summed E-state index contributed by atoms with van der Waals surface area (Å²) in [5.41, 5.74) is 0.293. The summed E-state index contributed by atoms with van der Waals surface area (Å²) in [6.07, 6.45) is 0. The summed E-state index contributed by atoms with van der Waals surface area (Å²) in [5.74, 6) is -0.568. The molecule has 0 bridgehead atoms. The lowest BCUT2D eigenvalue weighted by Crippen LogP contribution is -2.14. The predicted molar refractivity (Wildman–Crippen MR) is 78.9 cm³/mol. The van der Waals surface area contributed by atoms with Crippen molar-refractivity contribution in [2.75, 3.05) is 5.32 Å². The number of amides is 1. The largest absolute Gasteiger partial charge is 0.322 e. The van der Waals surface area contributed by atoms with Crippen molar-refractivity contribution in [2.24, 2.45) is 0 Å². The van der Waals surface area contributed by atoms with Gasteiger partial charge in [0.15, 0.2) is 0 Å². The lowest BCUT2D eigenvalue weighted by Gasteiger charge is -2.07. The molecule has 0 fully saturated rings. The fourth-order valence-corrected chi connectivity index (χ4v) is 1.96. The number of hydrogen-bond donors (Lipinski definition) is 1. The molecule has 0 heterocycles. The van der Waals surface area contributed by atoms with E-state index in [0.29, 0.717) is 0 Å². The van der Waals surface area contributed by atoms with E-state index in [1.54, 1.807) is 0 Å². The Morgan fingerprint density at radius 2 is 1.73 bits per heavy atom. The van der Waals surface area contributed by atoms with E-state index in [1.165, 1.54) is 49.4 Å². The highest BCUT2D eigenvalue weighted by atomic mass is 16.6. The molecule has 8 nitrogen and oxygen atoms in total. The molecule has 0 aliphatic rings. The Balaban J connectivity index is 2.30. The first kappa shape index (κ1) is 15.1. The Kier molecular flexibility index (Phi) is 4.12. The molecule has 8 heteroatoms. The molecule has 112 valence electrons. The molecule has 2 aromatic carbocycles. The minimum Gasteiger partial charge on any atom is -0.322 e. The van der Waals surface area contributed by atoms with E-state index in [2.05, 4.69) is 5.32 Å². The third kappa shape index (κ3) is 3.06. The Bertz CT molecular complexity index is 773. The van der Waals surface area contributed by atoms with Crippen LogP contribution in [0.4, 0.5) is 17.1 Å². The highest BCUT2D eigenvalue weighted by Crippen LogP contribution is 2.23. The summed E-state index contributed by atoms with van der Waals surface area (Å²) in [7, 11) is 0. The fraction of sp³-hybridized carbons (Fsp3) is 0.0714. The predicted octanol–water partition coefficient (Wildman–Crippen LogP) is 3.06. The summed E-state index contributed by atoms with van der Waals surface area (Å²) in [6.45, 7) is 1.47. The van der Waals surface area contributed by atoms with Gasteiger partial charge in [0.1, 0.15) is 0 Å². The van der Waals surface area contributed by atoms with Gasteiger partial charge in [-0.2, -0.15) is 0 Å². The van der Waals surface area contributed by atoms with Crippen LogP contribution in [0.2, 0.25) is 0 Å². The van der Waals surface area contributed by atoms with Crippen molar-refractivity contribution < 1.29 is 14.6 Å². The lowest BCUT2D eigenvalue weighted by atomic mass is 10.1. The topological polar surface area (TPSA) is 115 Å². The van der Waals surface area contributed by atoms with Gasteiger partial charge in [-0.25, -0.2) is 0 Å². The number of carbonyl (C=O) groups excluding carboxylic acids is 1. The Hall–Kier alpha value is -3.29. The maximum absolute atomic E-state index is 12.2. The van der Waals surface area contributed by atoms with Crippen LogP contribution in [0.3, 0.4) is 0 Å². The normalized spacial score (nSPS) is 10.0. The molecule has 0 unspecified atom stereocenters. The van der Waals surface area contributed by atoms with Gasteiger partial charge in [-0.3, -0.25) is 25.0 Å². The Labute approximate surface area is 124 Å². The van der Waals surface area contributed by atoms with Crippen LogP contribution in [0, 0.1) is 27.2 Å². The molecule has 0 spiro atoms. The van der Waals surface area contributed by atoms with Crippen molar-refractivity contribution in [3.05, 3.63) is 73.8 Å². The summed E-state index contributed by atoms with van der Waals surface area (Å²) in [4.78, 5) is 32.6. The van der Waals surface area contributed by atoms with Gasteiger partial charge in [0.25, 0.3) is 17.3 Å². The summed E-state index contributed by atoms with van der Waals surface area (Å²) < 4.78 is 0. The van der Waals surface area contributed by atoms with Gasteiger partial charge in [-0.15, -0.1) is 0 Å². The number of anilines is 1. The smallest absolute Gasteiger partial charge is 0.273 e. The lowest BCUT2D eigenvalue weighted by molar-refractivity contribution is -0.385. The van der Waals surface area contributed by atoms with Crippen molar-refractivity contribution in [3.63, 3.8) is 0 Å². The third-order valence-electron chi connectivity index (χ3n) is 3.06. The van der Waals surface area contributed by atoms with Crippen molar-refractivity contribution in [3.8, 4) is 0 Å². The van der Waals surface area contributed by atoms with Crippen molar-refractivity contribution in [1.82, 2.24) is 0 Å². The second-order valence-electron chi connectivity index (χ2n) is 4.47. The van der Waals surface area contributed by atoms with Crippen molar-refractivity contribution >= 4 is 23.0 Å². The fourth-order valence-electron chi connectivity index (χ4n) is 1.96. The van der Waals surface area contributed by atoms with Gasteiger partial charge >= 0.3 is 0 Å². The van der Waals surface area contributed by atoms with Gasteiger partial charge < -0.3 is 5.32 Å². The van der Waals surface area contributed by atoms with Crippen molar-refractivity contribution in [1.29, 1.82) is 0 Å². The molecule has 22 heavy (non-hydrogen) atoms. The Morgan fingerprint density at radius 1 is 1.05 bits per heavy atom. The first-order valence-corrected chi connectivity index (χ1v) is 6.20. The number of nitrogens with zero attached hydrogens (tertiary/aromatic N) is 2. The molecule has 0 radical (unpaired) electrons. The van der Waals surface area contributed by atoms with Crippen LogP contribution in [-0.2, 0) is 0 Å². The number of benzene rings is 2. The Morgan fingerprint density at radius 3 is 2.36 bits per heavy atom. The molecule has 0 saturated carbocycles. The van der Waals surface area contributed by atoms with Crippen LogP contribution in [-0.4, -0.2) is 15.8 Å². The van der Waals surface area contributed by atoms with E-state index in [1.807, 2.05) is 0 Å². The zero-order chi connectivity index (χ0) is 16.3. The molecule has 0 aliphatic carbocycles. The third-order valence-corrected chi connectivity index (χ3v) is 3.06. The summed E-state index contributed by atoms with van der Waals surface area (Å²) >= 11 is 0. The molecular weight excluding hydrogens is 290 g/mol. The second-order valence-corrected chi connectivity index (χ2v) is 4.47. The zero-order valence-corrected chi connectivity index (χ0v) is 11.5. The first-order chi connectivity index (χ1) is 10.4. The van der Waals surface area contributed by atoms with Gasteiger partial charge in [0, 0.05) is 35.0 Å². The average Bonchev–Trinajstić information content (AvgIpc) is 2.47. The number of nitro groups is 2. The van der Waals surface area contributed by atoms with Gasteiger partial charge in [-0.05, 0) is 19.1 Å². The molecule has 1 amide bonds. The molecule has 0 saturated heterocycles. The second kappa shape index (κ2) is 6.00. The molecule has 2 aromatic rings. The van der Waals surface area contributed by atoms with Crippen LogP contribution in [0.25, 0.3) is 0 Å². The minimum atomic E-state index is -0.575. The molecule has 0 aromatic heterocycles. The quantitative estimate of drug-likeness (QED) is 0.688. The molecule has 0 atom stereocenters. The van der Waals surface area contributed by atoms with Crippen LogP contribution in [0.15, 0.2) is 42.5 Å². The van der Waals surface area contributed by atoms with E-state index in [-0.39, 0.29) is 28.2 Å². The standard InChI is InChI=1S/C14H11N3O5/c1-9-12(6-3-7-13(9)17(21)22)14(18)15-10-4-2-5-11(8-10)16(19)20/h2-8H,1H3,(H,15,18). The average molecular weight is 301 g/mol. The highest BCUT2D eigenvalue weighted by molar-refractivity contribution is 6.06.